The molecular formula is C9H19N3O. The molecule has 76 valence electrons. The number of rotatable bonds is 2. The predicted octanol–water partition coefficient (Wildman–Crippen LogP) is 0.363. The zero-order chi connectivity index (χ0) is 9.84. The lowest BCUT2D eigenvalue weighted by molar-refractivity contribution is 0.0449. The zero-order valence-corrected chi connectivity index (χ0v) is 8.16. The molecule has 0 aromatic carbocycles. The Morgan fingerprint density at radius 3 is 2.92 bits per heavy atom. The van der Waals surface area contributed by atoms with Crippen LogP contribution in [0.4, 0.5) is 0 Å². The number of hydrogen-bond acceptors (Lipinski definition) is 2. The first-order chi connectivity index (χ1) is 6.15. The largest absolute Gasteiger partial charge is 0.393 e. The highest BCUT2D eigenvalue weighted by atomic mass is 16.3. The Morgan fingerprint density at radius 1 is 1.69 bits per heavy atom. The van der Waals surface area contributed by atoms with E-state index < -0.39 is 0 Å². The Labute approximate surface area is 79.2 Å². The van der Waals surface area contributed by atoms with E-state index in [0.29, 0.717) is 5.92 Å². The molecule has 0 spiro atoms. The standard InChI is InChI=1S/C9H19N3O/c1-2-3-7-6-12(9(10)11)5-4-8(7)13/h7-8,13H,2-6H2,1H3,(H3,10,11)/t7-,8+/m0/s1. The van der Waals surface area contributed by atoms with E-state index in [9.17, 15) is 5.11 Å². The summed E-state index contributed by atoms with van der Waals surface area (Å²) in [7, 11) is 0. The Hall–Kier alpha value is -0.770. The summed E-state index contributed by atoms with van der Waals surface area (Å²) >= 11 is 0. The summed E-state index contributed by atoms with van der Waals surface area (Å²) in [5.41, 5.74) is 5.40. The van der Waals surface area contributed by atoms with Crippen molar-refractivity contribution in [3.63, 3.8) is 0 Å². The van der Waals surface area contributed by atoms with Crippen LogP contribution in [-0.2, 0) is 0 Å². The van der Waals surface area contributed by atoms with E-state index in [4.69, 9.17) is 11.1 Å². The number of piperidine rings is 1. The van der Waals surface area contributed by atoms with Gasteiger partial charge in [0.2, 0.25) is 0 Å². The van der Waals surface area contributed by atoms with E-state index in [1.165, 1.54) is 0 Å². The quantitative estimate of drug-likeness (QED) is 0.429. The molecule has 0 aromatic rings. The molecule has 1 heterocycles. The Kier molecular flexibility index (Phi) is 3.54. The summed E-state index contributed by atoms with van der Waals surface area (Å²) in [6, 6.07) is 0. The molecule has 4 heteroatoms. The monoisotopic (exact) mass is 185 g/mol. The molecule has 4 N–H and O–H groups in total. The molecule has 0 unspecified atom stereocenters. The van der Waals surface area contributed by atoms with Gasteiger partial charge in [0.25, 0.3) is 0 Å². The molecular weight excluding hydrogens is 166 g/mol. The highest BCUT2D eigenvalue weighted by Crippen LogP contribution is 2.20. The average molecular weight is 185 g/mol. The van der Waals surface area contributed by atoms with E-state index in [1.807, 2.05) is 4.90 Å². The molecule has 0 amide bonds. The first kappa shape index (κ1) is 10.3. The van der Waals surface area contributed by atoms with Gasteiger partial charge < -0.3 is 15.7 Å². The number of nitrogens with one attached hydrogen (secondary N) is 1. The van der Waals surface area contributed by atoms with E-state index in [0.717, 1.165) is 32.4 Å². The summed E-state index contributed by atoms with van der Waals surface area (Å²) in [5.74, 6) is 0.427. The third-order valence-electron chi connectivity index (χ3n) is 2.69. The number of nitrogens with two attached hydrogens (primary N) is 1. The van der Waals surface area contributed by atoms with Gasteiger partial charge in [0.05, 0.1) is 6.10 Å². The van der Waals surface area contributed by atoms with Gasteiger partial charge in [-0.2, -0.15) is 0 Å². The molecule has 1 aliphatic rings. The molecule has 0 aliphatic carbocycles. The fourth-order valence-corrected chi connectivity index (χ4v) is 1.89. The maximum absolute atomic E-state index is 9.66. The summed E-state index contributed by atoms with van der Waals surface area (Å²) in [4.78, 5) is 1.84. The zero-order valence-electron chi connectivity index (χ0n) is 8.16. The van der Waals surface area contributed by atoms with Gasteiger partial charge in [-0.15, -0.1) is 0 Å². The SMILES string of the molecule is CCC[C@H]1CN(C(=N)N)CC[C@H]1O. The van der Waals surface area contributed by atoms with Gasteiger partial charge in [-0.25, -0.2) is 0 Å². The van der Waals surface area contributed by atoms with Gasteiger partial charge in [0.1, 0.15) is 0 Å². The lowest BCUT2D eigenvalue weighted by Gasteiger charge is -2.36. The van der Waals surface area contributed by atoms with Crippen LogP contribution in [0.1, 0.15) is 26.2 Å². The molecule has 1 saturated heterocycles. The van der Waals surface area contributed by atoms with Crippen molar-refractivity contribution in [3.8, 4) is 0 Å². The van der Waals surface area contributed by atoms with Crippen molar-refractivity contribution in [2.24, 2.45) is 11.7 Å². The smallest absolute Gasteiger partial charge is 0.188 e. The molecule has 2 atom stereocenters. The second-order valence-corrected chi connectivity index (χ2v) is 3.74. The lowest BCUT2D eigenvalue weighted by atomic mass is 9.91. The Morgan fingerprint density at radius 2 is 2.38 bits per heavy atom. The minimum Gasteiger partial charge on any atom is -0.393 e. The number of nitrogens with zero attached hydrogens (tertiary/aromatic N) is 1. The van der Waals surface area contributed by atoms with Crippen LogP contribution < -0.4 is 5.73 Å². The van der Waals surface area contributed by atoms with E-state index in [-0.39, 0.29) is 12.1 Å². The highest BCUT2D eigenvalue weighted by Gasteiger charge is 2.27. The van der Waals surface area contributed by atoms with Crippen LogP contribution in [0.5, 0.6) is 0 Å². The summed E-state index contributed by atoms with van der Waals surface area (Å²) in [6.45, 7) is 3.57. The van der Waals surface area contributed by atoms with Crippen molar-refractivity contribution >= 4 is 5.96 Å². The van der Waals surface area contributed by atoms with Gasteiger partial charge in [-0.1, -0.05) is 13.3 Å². The first-order valence-corrected chi connectivity index (χ1v) is 4.92. The van der Waals surface area contributed by atoms with Crippen LogP contribution in [0.2, 0.25) is 0 Å². The minimum absolute atomic E-state index is 0.132. The molecule has 1 fully saturated rings. The van der Waals surface area contributed by atoms with Gasteiger partial charge in [0, 0.05) is 19.0 Å². The molecule has 13 heavy (non-hydrogen) atoms. The number of hydrogen-bond donors (Lipinski definition) is 3. The van der Waals surface area contributed by atoms with E-state index in [2.05, 4.69) is 6.92 Å². The van der Waals surface area contributed by atoms with Crippen LogP contribution >= 0.6 is 0 Å². The third kappa shape index (κ3) is 2.59. The molecule has 1 aliphatic heterocycles. The maximum atomic E-state index is 9.66. The van der Waals surface area contributed by atoms with Gasteiger partial charge in [-0.05, 0) is 12.8 Å². The lowest BCUT2D eigenvalue weighted by Crippen LogP contribution is -2.48. The third-order valence-corrected chi connectivity index (χ3v) is 2.69. The molecule has 4 nitrogen and oxygen atoms in total. The number of likely N-dealkylation sites (tertiary alicyclic amines) is 1. The predicted molar refractivity (Wildman–Crippen MR) is 52.5 cm³/mol. The number of guanidine groups is 1. The van der Waals surface area contributed by atoms with E-state index in [1.54, 1.807) is 0 Å². The van der Waals surface area contributed by atoms with Crippen LogP contribution in [-0.4, -0.2) is 35.2 Å². The van der Waals surface area contributed by atoms with Crippen molar-refractivity contribution in [1.29, 1.82) is 5.41 Å². The Balaban J connectivity index is 2.47. The normalized spacial score (nSPS) is 28.9. The first-order valence-electron chi connectivity index (χ1n) is 4.92. The molecule has 0 saturated carbocycles. The van der Waals surface area contributed by atoms with Crippen LogP contribution in [0, 0.1) is 11.3 Å². The maximum Gasteiger partial charge on any atom is 0.188 e. The second-order valence-electron chi connectivity index (χ2n) is 3.74. The van der Waals surface area contributed by atoms with Crippen molar-refractivity contribution in [1.82, 2.24) is 4.90 Å². The van der Waals surface area contributed by atoms with Crippen molar-refractivity contribution in [2.75, 3.05) is 13.1 Å². The van der Waals surface area contributed by atoms with Crippen LogP contribution in [0.3, 0.4) is 0 Å². The average Bonchev–Trinajstić information content (AvgIpc) is 2.08. The molecule has 1 rings (SSSR count). The van der Waals surface area contributed by atoms with Crippen molar-refractivity contribution < 1.29 is 5.11 Å². The fraction of sp³-hybridized carbons (Fsp3) is 0.889. The van der Waals surface area contributed by atoms with E-state index >= 15 is 0 Å². The number of aliphatic hydroxyl groups is 1. The van der Waals surface area contributed by atoms with Crippen molar-refractivity contribution in [3.05, 3.63) is 0 Å². The van der Waals surface area contributed by atoms with Gasteiger partial charge >= 0.3 is 0 Å². The van der Waals surface area contributed by atoms with Gasteiger partial charge in [-0.3, -0.25) is 5.41 Å². The molecule has 0 radical (unpaired) electrons. The highest BCUT2D eigenvalue weighted by molar-refractivity contribution is 5.74. The van der Waals surface area contributed by atoms with Gasteiger partial charge in [0.15, 0.2) is 5.96 Å². The summed E-state index contributed by atoms with van der Waals surface area (Å²) < 4.78 is 0. The minimum atomic E-state index is -0.199. The van der Waals surface area contributed by atoms with Crippen LogP contribution in [0.15, 0.2) is 0 Å². The number of aliphatic hydroxyl groups excluding tert-OH is 1. The summed E-state index contributed by atoms with van der Waals surface area (Å²) in [5, 5.41) is 17.0. The van der Waals surface area contributed by atoms with Crippen LogP contribution in [0.25, 0.3) is 0 Å². The topological polar surface area (TPSA) is 73.3 Å². The second kappa shape index (κ2) is 4.46. The Bertz CT molecular complexity index is 184. The molecule has 0 aromatic heterocycles. The van der Waals surface area contributed by atoms with Crippen molar-refractivity contribution in [2.45, 2.75) is 32.3 Å². The fourth-order valence-electron chi connectivity index (χ4n) is 1.89. The summed E-state index contributed by atoms with van der Waals surface area (Å²) in [6.07, 6.45) is 2.64. The molecule has 0 bridgehead atoms.